The summed E-state index contributed by atoms with van der Waals surface area (Å²) in [6.07, 6.45) is -0.230. The van der Waals surface area contributed by atoms with Crippen LogP contribution in [-0.4, -0.2) is 43.3 Å². The van der Waals surface area contributed by atoms with E-state index in [2.05, 4.69) is 26.9 Å². The number of alkyl halides is 3. The van der Waals surface area contributed by atoms with Crippen molar-refractivity contribution in [2.24, 2.45) is 0 Å². The van der Waals surface area contributed by atoms with Gasteiger partial charge in [-0.2, -0.15) is 0 Å². The van der Waals surface area contributed by atoms with Crippen LogP contribution in [0.2, 0.25) is 0 Å². The van der Waals surface area contributed by atoms with Crippen LogP contribution in [0.5, 0.6) is 5.75 Å². The minimum atomic E-state index is -4.81. The second kappa shape index (κ2) is 12.3. The summed E-state index contributed by atoms with van der Waals surface area (Å²) in [5.74, 6) is 0.414. The van der Waals surface area contributed by atoms with Crippen LogP contribution in [0.1, 0.15) is 61.8 Å². The fourth-order valence-corrected chi connectivity index (χ4v) is 5.05. The van der Waals surface area contributed by atoms with E-state index in [-0.39, 0.29) is 35.9 Å². The highest BCUT2D eigenvalue weighted by Gasteiger charge is 2.36. The Hall–Kier alpha value is -3.53. The van der Waals surface area contributed by atoms with Crippen molar-refractivity contribution >= 4 is 11.7 Å². The van der Waals surface area contributed by atoms with Crippen molar-refractivity contribution in [3.05, 3.63) is 65.4 Å². The van der Waals surface area contributed by atoms with Gasteiger partial charge in [-0.05, 0) is 68.9 Å². The van der Waals surface area contributed by atoms with Gasteiger partial charge in [0.1, 0.15) is 17.2 Å². The summed E-state index contributed by atoms with van der Waals surface area (Å²) in [6.45, 7) is 4.05. The van der Waals surface area contributed by atoms with Crippen LogP contribution in [-0.2, 0) is 27.3 Å². The van der Waals surface area contributed by atoms with E-state index in [1.807, 2.05) is 12.1 Å². The zero-order valence-electron chi connectivity index (χ0n) is 22.4. The van der Waals surface area contributed by atoms with Gasteiger partial charge in [-0.1, -0.05) is 29.4 Å². The molecule has 0 radical (unpaired) electrons. The average Bonchev–Trinajstić information content (AvgIpc) is 3.70. The monoisotopic (exact) mass is 558 g/mol. The molecule has 2 aromatic carbocycles. The standard InChI is InChI=1S/C30H33F3N2O5/c1-2-37-27(36)14-9-20-7-12-22(13-8-20)35-17-15-23(16-18-35)38-19-25-28(34-40-29(25)21-10-11-21)24-5-3-4-6-26(24)39-30(31,32)33/h3-8,12-13,21,23H,2,9-11,14-19H2,1H3. The van der Waals surface area contributed by atoms with Crippen molar-refractivity contribution in [3.8, 4) is 17.0 Å². The number of benzene rings is 2. The molecular weight excluding hydrogens is 525 g/mol. The van der Waals surface area contributed by atoms with Gasteiger partial charge < -0.3 is 23.6 Å². The van der Waals surface area contributed by atoms with Gasteiger partial charge in [0.25, 0.3) is 0 Å². The molecule has 3 aromatic rings. The SMILES string of the molecule is CCOC(=O)CCc1ccc(N2CCC(OCc3c(-c4ccccc4OC(F)(F)F)noc3C3CC3)CC2)cc1. The fourth-order valence-electron chi connectivity index (χ4n) is 5.05. The summed E-state index contributed by atoms with van der Waals surface area (Å²) in [5, 5.41) is 4.16. The van der Waals surface area contributed by atoms with Gasteiger partial charge in [0.2, 0.25) is 0 Å². The summed E-state index contributed by atoms with van der Waals surface area (Å²) < 4.78 is 60.3. The van der Waals surface area contributed by atoms with Crippen LogP contribution in [0.3, 0.4) is 0 Å². The summed E-state index contributed by atoms with van der Waals surface area (Å²) >= 11 is 0. The third-order valence-corrected chi connectivity index (χ3v) is 7.26. The molecule has 1 saturated carbocycles. The highest BCUT2D eigenvalue weighted by Crippen LogP contribution is 2.45. The van der Waals surface area contributed by atoms with Crippen LogP contribution in [0.25, 0.3) is 11.3 Å². The molecule has 1 aliphatic heterocycles. The molecule has 2 aliphatic rings. The van der Waals surface area contributed by atoms with Crippen LogP contribution in [0.4, 0.5) is 18.9 Å². The molecule has 1 aliphatic carbocycles. The smallest absolute Gasteiger partial charge is 0.466 e. The van der Waals surface area contributed by atoms with Crippen molar-refractivity contribution in [1.82, 2.24) is 5.16 Å². The van der Waals surface area contributed by atoms with E-state index in [0.29, 0.717) is 36.5 Å². The number of hydrogen-bond acceptors (Lipinski definition) is 7. The number of carbonyl (C=O) groups is 1. The predicted octanol–water partition coefficient (Wildman–Crippen LogP) is 6.80. The number of hydrogen-bond donors (Lipinski definition) is 0. The molecular formula is C30H33F3N2O5. The minimum absolute atomic E-state index is 0.0107. The van der Waals surface area contributed by atoms with E-state index in [0.717, 1.165) is 50.0 Å². The third-order valence-electron chi connectivity index (χ3n) is 7.26. The molecule has 5 rings (SSSR count). The summed E-state index contributed by atoms with van der Waals surface area (Å²) in [7, 11) is 0. The first kappa shape index (κ1) is 28.0. The number of para-hydroxylation sites is 1. The number of anilines is 1. The van der Waals surface area contributed by atoms with Crippen LogP contribution in [0.15, 0.2) is 53.1 Å². The van der Waals surface area contributed by atoms with Gasteiger partial charge in [0.15, 0.2) is 0 Å². The zero-order valence-corrected chi connectivity index (χ0v) is 22.4. The summed E-state index contributed by atoms with van der Waals surface area (Å²) in [5.41, 5.74) is 3.48. The highest BCUT2D eigenvalue weighted by molar-refractivity contribution is 5.71. The number of halogens is 3. The van der Waals surface area contributed by atoms with Crippen molar-refractivity contribution in [2.45, 2.75) is 70.4 Å². The van der Waals surface area contributed by atoms with E-state index >= 15 is 0 Å². The summed E-state index contributed by atoms with van der Waals surface area (Å²) in [4.78, 5) is 13.9. The van der Waals surface area contributed by atoms with Crippen molar-refractivity contribution in [2.75, 3.05) is 24.6 Å². The number of ether oxygens (including phenoxy) is 3. The molecule has 7 nitrogen and oxygen atoms in total. The van der Waals surface area contributed by atoms with Crippen molar-refractivity contribution in [1.29, 1.82) is 0 Å². The minimum Gasteiger partial charge on any atom is -0.466 e. The first-order valence-electron chi connectivity index (χ1n) is 13.8. The molecule has 0 atom stereocenters. The molecule has 0 N–H and O–H groups in total. The molecule has 1 aromatic heterocycles. The van der Waals surface area contributed by atoms with Gasteiger partial charge in [-0.3, -0.25) is 4.79 Å². The lowest BCUT2D eigenvalue weighted by atomic mass is 10.0. The van der Waals surface area contributed by atoms with Gasteiger partial charge in [0.05, 0.1) is 19.3 Å². The molecule has 1 saturated heterocycles. The molecule has 2 fully saturated rings. The molecule has 2 heterocycles. The maximum Gasteiger partial charge on any atom is 0.573 e. The Morgan fingerprint density at radius 3 is 2.45 bits per heavy atom. The quantitative estimate of drug-likeness (QED) is 0.240. The van der Waals surface area contributed by atoms with Gasteiger partial charge in [-0.25, -0.2) is 0 Å². The molecule has 40 heavy (non-hydrogen) atoms. The number of rotatable bonds is 11. The number of aryl methyl sites for hydroxylation is 1. The largest absolute Gasteiger partial charge is 0.573 e. The maximum absolute atomic E-state index is 13.0. The first-order valence-corrected chi connectivity index (χ1v) is 13.8. The first-order chi connectivity index (χ1) is 19.3. The second-order valence-corrected chi connectivity index (χ2v) is 10.2. The zero-order chi connectivity index (χ0) is 28.1. The molecule has 0 spiro atoms. The number of nitrogens with zero attached hydrogens (tertiary/aromatic N) is 2. The van der Waals surface area contributed by atoms with E-state index in [4.69, 9.17) is 14.0 Å². The summed E-state index contributed by atoms with van der Waals surface area (Å²) in [6, 6.07) is 14.2. The number of esters is 1. The third kappa shape index (κ3) is 7.15. The number of piperidine rings is 1. The Balaban J connectivity index is 1.19. The number of carbonyl (C=O) groups excluding carboxylic acids is 1. The van der Waals surface area contributed by atoms with Gasteiger partial charge in [-0.15, -0.1) is 13.2 Å². The topological polar surface area (TPSA) is 74.0 Å². The van der Waals surface area contributed by atoms with Crippen LogP contribution < -0.4 is 9.64 Å². The highest BCUT2D eigenvalue weighted by atomic mass is 19.4. The van der Waals surface area contributed by atoms with Crippen molar-refractivity contribution in [3.63, 3.8) is 0 Å². The van der Waals surface area contributed by atoms with Gasteiger partial charge >= 0.3 is 12.3 Å². The van der Waals surface area contributed by atoms with E-state index in [1.165, 1.54) is 12.1 Å². The lowest BCUT2D eigenvalue weighted by Gasteiger charge is -2.33. The lowest BCUT2D eigenvalue weighted by molar-refractivity contribution is -0.274. The molecule has 214 valence electrons. The fraction of sp³-hybridized carbons (Fsp3) is 0.467. The average molecular weight is 559 g/mol. The number of aromatic nitrogens is 1. The Kier molecular flexibility index (Phi) is 8.63. The van der Waals surface area contributed by atoms with E-state index in [1.54, 1.807) is 19.1 Å². The lowest BCUT2D eigenvalue weighted by Crippen LogP contribution is -2.37. The Morgan fingerprint density at radius 2 is 1.77 bits per heavy atom. The van der Waals surface area contributed by atoms with Crippen LogP contribution >= 0.6 is 0 Å². The Morgan fingerprint density at radius 1 is 1.05 bits per heavy atom. The Labute approximate surface area is 231 Å². The maximum atomic E-state index is 13.0. The second-order valence-electron chi connectivity index (χ2n) is 10.2. The normalized spacial score (nSPS) is 16.2. The van der Waals surface area contributed by atoms with Gasteiger partial charge in [0, 0.05) is 42.2 Å². The molecule has 0 bridgehead atoms. The Bertz CT molecular complexity index is 1280. The van der Waals surface area contributed by atoms with Crippen LogP contribution in [0, 0.1) is 0 Å². The van der Waals surface area contributed by atoms with E-state index in [9.17, 15) is 18.0 Å². The molecule has 0 amide bonds. The molecule has 10 heteroatoms. The van der Waals surface area contributed by atoms with E-state index < -0.39 is 6.36 Å². The molecule has 0 unspecified atom stereocenters. The predicted molar refractivity (Wildman–Crippen MR) is 142 cm³/mol. The van der Waals surface area contributed by atoms with Crippen molar-refractivity contribution < 1.29 is 36.7 Å².